The maximum atomic E-state index is 12.1. The minimum atomic E-state index is -1.13. The Morgan fingerprint density at radius 2 is 1.92 bits per heavy atom. The van der Waals surface area contributed by atoms with Crippen LogP contribution < -0.4 is 11.1 Å². The summed E-state index contributed by atoms with van der Waals surface area (Å²) >= 11 is 2.76. The van der Waals surface area contributed by atoms with E-state index >= 15 is 0 Å². The lowest BCUT2D eigenvalue weighted by atomic mass is 10.3. The van der Waals surface area contributed by atoms with E-state index in [2.05, 4.69) is 4.98 Å². The highest BCUT2D eigenvalue weighted by atomic mass is 32.1. The third-order valence-electron chi connectivity index (χ3n) is 3.21. The molecule has 2 heterocycles. The number of nitrogens with zero attached hydrogens (tertiary/aromatic N) is 1. The number of esters is 1. The SMILES string of the molecule is C[C@H](OC(=O)c1ccc(-c2nc3ccccc3s2)s1)C(=O)NC(N)=O. The smallest absolute Gasteiger partial charge is 0.349 e. The highest BCUT2D eigenvalue weighted by molar-refractivity contribution is 7.26. The maximum Gasteiger partial charge on any atom is 0.349 e. The predicted molar refractivity (Wildman–Crippen MR) is 95.5 cm³/mol. The molecule has 1 aromatic carbocycles. The first-order valence-corrected chi connectivity index (χ1v) is 8.84. The molecule has 0 unspecified atom stereocenters. The average molecular weight is 375 g/mol. The molecule has 9 heteroatoms. The van der Waals surface area contributed by atoms with Gasteiger partial charge in [-0.3, -0.25) is 10.1 Å². The first-order valence-electron chi connectivity index (χ1n) is 7.21. The highest BCUT2D eigenvalue weighted by Gasteiger charge is 2.21. The van der Waals surface area contributed by atoms with Crippen molar-refractivity contribution < 1.29 is 19.1 Å². The Morgan fingerprint density at radius 1 is 1.16 bits per heavy atom. The minimum Gasteiger partial charge on any atom is -0.448 e. The number of fused-ring (bicyclic) bond motifs is 1. The summed E-state index contributed by atoms with van der Waals surface area (Å²) < 4.78 is 6.10. The van der Waals surface area contributed by atoms with Gasteiger partial charge in [-0.15, -0.1) is 22.7 Å². The number of benzene rings is 1. The van der Waals surface area contributed by atoms with Crippen molar-refractivity contribution >= 4 is 50.8 Å². The number of hydrogen-bond donors (Lipinski definition) is 2. The fraction of sp³-hybridized carbons (Fsp3) is 0.125. The third kappa shape index (κ3) is 3.83. The predicted octanol–water partition coefficient (Wildman–Crippen LogP) is 2.76. The lowest BCUT2D eigenvalue weighted by Crippen LogP contribution is -2.42. The third-order valence-corrected chi connectivity index (χ3v) is 5.48. The van der Waals surface area contributed by atoms with E-state index < -0.39 is 24.0 Å². The monoisotopic (exact) mass is 375 g/mol. The number of primary amides is 1. The van der Waals surface area contributed by atoms with E-state index in [4.69, 9.17) is 10.5 Å². The molecular weight excluding hydrogens is 362 g/mol. The summed E-state index contributed by atoms with van der Waals surface area (Å²) in [4.78, 5) is 40.1. The molecule has 0 aliphatic carbocycles. The first kappa shape index (κ1) is 17.1. The molecule has 0 radical (unpaired) electrons. The number of nitrogens with one attached hydrogen (secondary N) is 1. The summed E-state index contributed by atoms with van der Waals surface area (Å²) in [6.07, 6.45) is -1.13. The van der Waals surface area contributed by atoms with Crippen molar-refractivity contribution in [1.29, 1.82) is 0 Å². The molecule has 128 valence electrons. The van der Waals surface area contributed by atoms with Gasteiger partial charge in [0.05, 0.1) is 15.1 Å². The van der Waals surface area contributed by atoms with Gasteiger partial charge < -0.3 is 10.5 Å². The summed E-state index contributed by atoms with van der Waals surface area (Å²) in [6.45, 7) is 1.36. The number of amides is 3. The minimum absolute atomic E-state index is 0.341. The van der Waals surface area contributed by atoms with Gasteiger partial charge in [-0.25, -0.2) is 14.6 Å². The normalized spacial score (nSPS) is 11.9. The van der Waals surface area contributed by atoms with Gasteiger partial charge in [0.2, 0.25) is 0 Å². The van der Waals surface area contributed by atoms with Crippen LogP contribution in [0.2, 0.25) is 0 Å². The molecular formula is C16H13N3O4S2. The van der Waals surface area contributed by atoms with Crippen LogP contribution in [0.1, 0.15) is 16.6 Å². The Kier molecular flexibility index (Phi) is 4.77. The highest BCUT2D eigenvalue weighted by Crippen LogP contribution is 2.34. The Balaban J connectivity index is 1.73. The fourth-order valence-corrected chi connectivity index (χ4v) is 3.94. The van der Waals surface area contributed by atoms with E-state index in [1.54, 1.807) is 12.1 Å². The second kappa shape index (κ2) is 6.99. The first-order chi connectivity index (χ1) is 11.9. The Labute approximate surface area is 150 Å². The number of imide groups is 1. The van der Waals surface area contributed by atoms with Crippen LogP contribution in [0.4, 0.5) is 4.79 Å². The van der Waals surface area contributed by atoms with Crippen molar-refractivity contribution in [3.63, 3.8) is 0 Å². The van der Waals surface area contributed by atoms with E-state index in [0.717, 1.165) is 20.1 Å². The molecule has 3 amide bonds. The number of thiazole rings is 1. The quantitative estimate of drug-likeness (QED) is 0.681. The van der Waals surface area contributed by atoms with Gasteiger partial charge in [0.15, 0.2) is 6.10 Å². The molecule has 3 rings (SSSR count). The molecule has 0 aliphatic rings. The van der Waals surface area contributed by atoms with Crippen molar-refractivity contribution in [1.82, 2.24) is 10.3 Å². The summed E-state index contributed by atoms with van der Waals surface area (Å²) in [5.74, 6) is -1.42. The summed E-state index contributed by atoms with van der Waals surface area (Å²) in [5, 5.41) is 2.67. The van der Waals surface area contributed by atoms with E-state index in [1.807, 2.05) is 29.6 Å². The van der Waals surface area contributed by atoms with Gasteiger partial charge in [0, 0.05) is 0 Å². The fourth-order valence-electron chi connectivity index (χ4n) is 2.04. The van der Waals surface area contributed by atoms with Gasteiger partial charge in [0.1, 0.15) is 9.88 Å². The number of rotatable bonds is 4. The summed E-state index contributed by atoms with van der Waals surface area (Å²) in [5.41, 5.74) is 5.76. The Bertz CT molecular complexity index is 930. The molecule has 0 aliphatic heterocycles. The van der Waals surface area contributed by atoms with Gasteiger partial charge in [0.25, 0.3) is 5.91 Å². The van der Waals surface area contributed by atoms with Gasteiger partial charge >= 0.3 is 12.0 Å². The average Bonchev–Trinajstić information content (AvgIpc) is 3.20. The number of ether oxygens (including phenoxy) is 1. The lowest BCUT2D eigenvalue weighted by molar-refractivity contribution is -0.127. The van der Waals surface area contributed by atoms with Crippen molar-refractivity contribution in [2.24, 2.45) is 5.73 Å². The van der Waals surface area contributed by atoms with E-state index in [-0.39, 0.29) is 0 Å². The number of carbonyl (C=O) groups is 3. The molecule has 2 aromatic heterocycles. The van der Waals surface area contributed by atoms with Crippen LogP contribution in [0.3, 0.4) is 0 Å². The van der Waals surface area contributed by atoms with E-state index in [1.165, 1.54) is 29.6 Å². The molecule has 3 aromatic rings. The summed E-state index contributed by atoms with van der Waals surface area (Å²) in [7, 11) is 0. The standard InChI is InChI=1S/C16H13N3O4S2/c1-8(13(20)19-16(17)22)23-15(21)12-7-6-11(24-12)14-18-9-4-2-3-5-10(9)25-14/h2-8H,1H3,(H3,17,19,20,22)/t8-/m0/s1. The summed E-state index contributed by atoms with van der Waals surface area (Å²) in [6, 6.07) is 10.2. The molecule has 3 N–H and O–H groups in total. The molecule has 25 heavy (non-hydrogen) atoms. The van der Waals surface area contributed by atoms with Crippen LogP contribution in [-0.2, 0) is 9.53 Å². The van der Waals surface area contributed by atoms with Crippen molar-refractivity contribution in [3.8, 4) is 9.88 Å². The number of aromatic nitrogens is 1. The molecule has 0 spiro atoms. The van der Waals surface area contributed by atoms with Crippen LogP contribution in [-0.4, -0.2) is 29.0 Å². The zero-order valence-corrected chi connectivity index (χ0v) is 14.6. The molecule has 0 bridgehead atoms. The zero-order valence-electron chi connectivity index (χ0n) is 13.0. The number of carbonyl (C=O) groups excluding carboxylic acids is 3. The molecule has 0 saturated carbocycles. The zero-order chi connectivity index (χ0) is 18.0. The van der Waals surface area contributed by atoms with Crippen molar-refractivity contribution in [3.05, 3.63) is 41.3 Å². The van der Waals surface area contributed by atoms with Gasteiger partial charge in [-0.1, -0.05) is 12.1 Å². The van der Waals surface area contributed by atoms with Crippen LogP contribution >= 0.6 is 22.7 Å². The van der Waals surface area contributed by atoms with E-state index in [9.17, 15) is 14.4 Å². The van der Waals surface area contributed by atoms with Crippen molar-refractivity contribution in [2.75, 3.05) is 0 Å². The topological polar surface area (TPSA) is 111 Å². The second-order valence-electron chi connectivity index (χ2n) is 5.05. The Hall–Kier alpha value is -2.78. The maximum absolute atomic E-state index is 12.1. The Morgan fingerprint density at radius 3 is 2.64 bits per heavy atom. The van der Waals surface area contributed by atoms with Gasteiger partial charge in [-0.2, -0.15) is 0 Å². The van der Waals surface area contributed by atoms with Crippen LogP contribution in [0.25, 0.3) is 20.1 Å². The van der Waals surface area contributed by atoms with E-state index in [0.29, 0.717) is 4.88 Å². The lowest BCUT2D eigenvalue weighted by Gasteiger charge is -2.10. The van der Waals surface area contributed by atoms with Crippen LogP contribution in [0.15, 0.2) is 36.4 Å². The largest absolute Gasteiger partial charge is 0.448 e. The number of nitrogens with two attached hydrogens (primary N) is 1. The number of urea groups is 1. The molecule has 7 nitrogen and oxygen atoms in total. The number of hydrogen-bond acceptors (Lipinski definition) is 7. The number of para-hydroxylation sites is 1. The molecule has 1 atom stereocenters. The van der Waals surface area contributed by atoms with Gasteiger partial charge in [-0.05, 0) is 31.2 Å². The molecule has 0 saturated heterocycles. The number of thiophene rings is 1. The van der Waals surface area contributed by atoms with Crippen LogP contribution in [0.5, 0.6) is 0 Å². The second-order valence-corrected chi connectivity index (χ2v) is 7.17. The van der Waals surface area contributed by atoms with Crippen molar-refractivity contribution in [2.45, 2.75) is 13.0 Å². The molecule has 0 fully saturated rings. The van der Waals surface area contributed by atoms with Crippen LogP contribution in [0, 0.1) is 0 Å².